The Hall–Kier alpha value is -2.10. The van der Waals surface area contributed by atoms with E-state index in [1.54, 1.807) is 6.08 Å². The number of aliphatic carboxylic acids is 1. The first-order valence-corrected chi connectivity index (χ1v) is 8.81. The van der Waals surface area contributed by atoms with Crippen LogP contribution in [0.4, 0.5) is 0 Å². The number of carbonyl (C=O) groups excluding carboxylic acids is 1. The molecule has 1 N–H and O–H groups in total. The monoisotopic (exact) mass is 327 g/mol. The lowest BCUT2D eigenvalue weighted by molar-refractivity contribution is -0.136. The maximum atomic E-state index is 12.6. The molecule has 2 atom stereocenters. The Morgan fingerprint density at radius 1 is 1.12 bits per heavy atom. The van der Waals surface area contributed by atoms with Crippen molar-refractivity contribution >= 4 is 18.0 Å². The molecule has 1 saturated carbocycles. The molecule has 128 valence electrons. The third-order valence-electron chi connectivity index (χ3n) is 5.36. The van der Waals surface area contributed by atoms with Gasteiger partial charge in [-0.2, -0.15) is 0 Å². The highest BCUT2D eigenvalue weighted by molar-refractivity contribution is 5.98. The average molecular weight is 327 g/mol. The zero-order valence-electron chi connectivity index (χ0n) is 14.2. The van der Waals surface area contributed by atoms with Crippen molar-refractivity contribution in [3.05, 3.63) is 41.0 Å². The van der Waals surface area contributed by atoms with Gasteiger partial charge in [-0.15, -0.1) is 0 Å². The summed E-state index contributed by atoms with van der Waals surface area (Å²) in [4.78, 5) is 26.0. The molecule has 0 aromatic heterocycles. The van der Waals surface area contributed by atoms with E-state index < -0.39 is 5.97 Å². The minimum atomic E-state index is -1.01. The second kappa shape index (κ2) is 7.20. The SMILES string of the molecule is Cc1ccc(C=C(CC(=O)N2C[C@H]3CCCC[C@H]3C2)C(=O)O)cc1. The molecule has 1 aliphatic carbocycles. The molecule has 2 fully saturated rings. The molecule has 4 nitrogen and oxygen atoms in total. The zero-order valence-corrected chi connectivity index (χ0v) is 14.2. The molecule has 0 unspecified atom stereocenters. The van der Waals surface area contributed by atoms with Crippen LogP contribution in [0.2, 0.25) is 0 Å². The van der Waals surface area contributed by atoms with Gasteiger partial charge in [0, 0.05) is 18.7 Å². The third kappa shape index (κ3) is 3.86. The lowest BCUT2D eigenvalue weighted by Gasteiger charge is -2.22. The maximum absolute atomic E-state index is 12.6. The number of hydrogen-bond acceptors (Lipinski definition) is 2. The van der Waals surface area contributed by atoms with E-state index in [0.717, 1.165) is 24.2 Å². The highest BCUT2D eigenvalue weighted by Crippen LogP contribution is 2.36. The topological polar surface area (TPSA) is 57.6 Å². The van der Waals surface area contributed by atoms with Crippen LogP contribution in [0.15, 0.2) is 29.8 Å². The molecule has 0 spiro atoms. The Morgan fingerprint density at radius 3 is 2.25 bits per heavy atom. The largest absolute Gasteiger partial charge is 0.478 e. The van der Waals surface area contributed by atoms with Gasteiger partial charge < -0.3 is 10.0 Å². The normalized spacial score (nSPS) is 23.9. The van der Waals surface area contributed by atoms with Gasteiger partial charge in [-0.05, 0) is 43.2 Å². The van der Waals surface area contributed by atoms with Crippen LogP contribution in [-0.4, -0.2) is 35.0 Å². The van der Waals surface area contributed by atoms with Crippen LogP contribution in [0.25, 0.3) is 6.08 Å². The van der Waals surface area contributed by atoms with E-state index in [9.17, 15) is 14.7 Å². The van der Waals surface area contributed by atoms with Crippen molar-refractivity contribution in [1.29, 1.82) is 0 Å². The fourth-order valence-electron chi connectivity index (χ4n) is 3.94. The second-order valence-electron chi connectivity index (χ2n) is 7.17. The number of hydrogen-bond donors (Lipinski definition) is 1. The number of fused-ring (bicyclic) bond motifs is 1. The van der Waals surface area contributed by atoms with Gasteiger partial charge in [0.2, 0.25) is 5.91 Å². The number of carbonyl (C=O) groups is 2. The first kappa shape index (κ1) is 16.7. The summed E-state index contributed by atoms with van der Waals surface area (Å²) >= 11 is 0. The van der Waals surface area contributed by atoms with E-state index in [2.05, 4.69) is 0 Å². The Kier molecular flexibility index (Phi) is 5.03. The van der Waals surface area contributed by atoms with Crippen molar-refractivity contribution < 1.29 is 14.7 Å². The number of nitrogens with zero attached hydrogens (tertiary/aromatic N) is 1. The van der Waals surface area contributed by atoms with E-state index in [-0.39, 0.29) is 17.9 Å². The first-order valence-electron chi connectivity index (χ1n) is 8.81. The summed E-state index contributed by atoms with van der Waals surface area (Å²) in [6.45, 7) is 3.60. The van der Waals surface area contributed by atoms with E-state index >= 15 is 0 Å². The fraction of sp³-hybridized carbons (Fsp3) is 0.500. The quantitative estimate of drug-likeness (QED) is 0.861. The summed E-state index contributed by atoms with van der Waals surface area (Å²) in [5.74, 6) is 0.180. The van der Waals surface area contributed by atoms with Crippen molar-refractivity contribution in [1.82, 2.24) is 4.90 Å². The van der Waals surface area contributed by atoms with Gasteiger partial charge in [0.1, 0.15) is 0 Å². The molecule has 1 amide bonds. The number of carboxylic acids is 1. The van der Waals surface area contributed by atoms with Gasteiger partial charge in [0.05, 0.1) is 6.42 Å². The molecule has 1 aromatic rings. The van der Waals surface area contributed by atoms with Crippen molar-refractivity contribution in [2.24, 2.45) is 11.8 Å². The zero-order chi connectivity index (χ0) is 17.1. The smallest absolute Gasteiger partial charge is 0.332 e. The van der Waals surface area contributed by atoms with Gasteiger partial charge in [-0.3, -0.25) is 4.79 Å². The minimum absolute atomic E-state index is 0.0251. The van der Waals surface area contributed by atoms with Crippen molar-refractivity contribution in [3.63, 3.8) is 0 Å². The summed E-state index contributed by atoms with van der Waals surface area (Å²) in [5.41, 5.74) is 2.11. The van der Waals surface area contributed by atoms with Crippen LogP contribution in [-0.2, 0) is 9.59 Å². The van der Waals surface area contributed by atoms with Crippen molar-refractivity contribution in [2.45, 2.75) is 39.0 Å². The van der Waals surface area contributed by atoms with Crippen LogP contribution in [0.3, 0.4) is 0 Å². The molecule has 0 radical (unpaired) electrons. The van der Waals surface area contributed by atoms with Crippen LogP contribution < -0.4 is 0 Å². The van der Waals surface area contributed by atoms with Gasteiger partial charge in [-0.1, -0.05) is 42.7 Å². The number of rotatable bonds is 4. The van der Waals surface area contributed by atoms with Crippen LogP contribution >= 0.6 is 0 Å². The number of amides is 1. The Bertz CT molecular complexity index is 633. The maximum Gasteiger partial charge on any atom is 0.332 e. The molecular weight excluding hydrogens is 302 g/mol. The van der Waals surface area contributed by atoms with E-state index in [1.807, 2.05) is 36.1 Å². The molecule has 0 bridgehead atoms. The lowest BCUT2D eigenvalue weighted by Crippen LogP contribution is -2.29. The summed E-state index contributed by atoms with van der Waals surface area (Å²) in [7, 11) is 0. The predicted molar refractivity (Wildman–Crippen MR) is 93.4 cm³/mol. The first-order chi connectivity index (χ1) is 11.5. The average Bonchev–Trinajstić information content (AvgIpc) is 3.00. The van der Waals surface area contributed by atoms with Crippen LogP contribution in [0, 0.1) is 18.8 Å². The molecule has 4 heteroatoms. The summed E-state index contributed by atoms with van der Waals surface area (Å²) in [5, 5.41) is 9.45. The van der Waals surface area contributed by atoms with Gasteiger partial charge in [0.15, 0.2) is 0 Å². The van der Waals surface area contributed by atoms with E-state index in [0.29, 0.717) is 11.8 Å². The second-order valence-corrected chi connectivity index (χ2v) is 7.17. The Morgan fingerprint density at radius 2 is 1.71 bits per heavy atom. The molecule has 1 saturated heterocycles. The molecule has 1 aliphatic heterocycles. The molecule has 3 rings (SSSR count). The Balaban J connectivity index is 1.68. The summed E-state index contributed by atoms with van der Waals surface area (Å²) in [6, 6.07) is 7.65. The summed E-state index contributed by atoms with van der Waals surface area (Å²) < 4.78 is 0. The lowest BCUT2D eigenvalue weighted by atomic mass is 9.82. The molecule has 24 heavy (non-hydrogen) atoms. The van der Waals surface area contributed by atoms with Crippen LogP contribution in [0.1, 0.15) is 43.2 Å². The van der Waals surface area contributed by atoms with E-state index in [1.165, 1.54) is 25.7 Å². The highest BCUT2D eigenvalue weighted by atomic mass is 16.4. The predicted octanol–water partition coefficient (Wildman–Crippen LogP) is 3.50. The Labute approximate surface area is 143 Å². The molecular formula is C20H25NO3. The number of benzene rings is 1. The van der Waals surface area contributed by atoms with Crippen molar-refractivity contribution in [2.75, 3.05) is 13.1 Å². The van der Waals surface area contributed by atoms with Crippen molar-refractivity contribution in [3.8, 4) is 0 Å². The minimum Gasteiger partial charge on any atom is -0.478 e. The fourth-order valence-corrected chi connectivity index (χ4v) is 3.94. The highest BCUT2D eigenvalue weighted by Gasteiger charge is 2.36. The van der Waals surface area contributed by atoms with E-state index in [4.69, 9.17) is 0 Å². The molecule has 2 aliphatic rings. The van der Waals surface area contributed by atoms with Gasteiger partial charge in [-0.25, -0.2) is 4.79 Å². The van der Waals surface area contributed by atoms with Crippen LogP contribution in [0.5, 0.6) is 0 Å². The number of carboxylic acid groups (broad SMARTS) is 1. The standard InChI is InChI=1S/C20H25NO3/c1-14-6-8-15(9-7-14)10-18(20(23)24)11-19(22)21-12-16-4-2-3-5-17(16)13-21/h6-10,16-17H,2-5,11-13H2,1H3,(H,23,24)/t16-,17+. The molecule has 1 heterocycles. The van der Waals surface area contributed by atoms with Gasteiger partial charge in [0.25, 0.3) is 0 Å². The summed E-state index contributed by atoms with van der Waals surface area (Å²) in [6.07, 6.45) is 6.53. The van der Waals surface area contributed by atoms with Gasteiger partial charge >= 0.3 is 5.97 Å². The third-order valence-corrected chi connectivity index (χ3v) is 5.36. The molecule has 1 aromatic carbocycles. The number of likely N-dealkylation sites (tertiary alicyclic amines) is 1. The number of aryl methyl sites for hydroxylation is 1.